The molecule has 1 aromatic rings. The van der Waals surface area contributed by atoms with Crippen LogP contribution in [0.5, 0.6) is 0 Å². The van der Waals surface area contributed by atoms with Crippen LogP contribution in [0.2, 0.25) is 0 Å². The maximum atomic E-state index is 13.4. The molecule has 4 rings (SSSR count). The summed E-state index contributed by atoms with van der Waals surface area (Å²) in [7, 11) is -3.69. The Morgan fingerprint density at radius 3 is 2.44 bits per heavy atom. The lowest BCUT2D eigenvalue weighted by Gasteiger charge is -2.32. The first-order valence-corrected chi connectivity index (χ1v) is 13.4. The monoisotopic (exact) mass is 461 g/mol. The fourth-order valence-corrected chi connectivity index (χ4v) is 7.09. The van der Waals surface area contributed by atoms with E-state index in [0.29, 0.717) is 19.4 Å². The first-order chi connectivity index (χ1) is 15.3. The standard InChI is InChI=1S/C24H35N3O4S/c1-17-14-20-15-22(11-12-23(20)27(17)18(2)28)32(30,31)26-13-7-8-19(16-26)24(29)25-21-9-5-3-4-6-10-21/h11-12,15,17,19,21H,3-10,13-14,16H2,1-2H3,(H,25,29)/t17-,19+/m1/s1. The molecule has 1 saturated carbocycles. The predicted octanol–water partition coefficient (Wildman–Crippen LogP) is 3.22. The van der Waals surface area contributed by atoms with Crippen molar-refractivity contribution in [1.29, 1.82) is 0 Å². The zero-order valence-electron chi connectivity index (χ0n) is 19.2. The van der Waals surface area contributed by atoms with E-state index in [1.54, 1.807) is 23.1 Å². The molecule has 3 aliphatic rings. The number of fused-ring (bicyclic) bond motifs is 1. The van der Waals surface area contributed by atoms with Gasteiger partial charge in [0, 0.05) is 37.8 Å². The second kappa shape index (κ2) is 9.51. The van der Waals surface area contributed by atoms with E-state index >= 15 is 0 Å². The molecule has 1 N–H and O–H groups in total. The van der Waals surface area contributed by atoms with E-state index in [1.807, 2.05) is 6.92 Å². The Hall–Kier alpha value is -1.93. The molecular weight excluding hydrogens is 426 g/mol. The molecule has 2 heterocycles. The molecule has 7 nitrogen and oxygen atoms in total. The average Bonchev–Trinajstić information content (AvgIpc) is 2.91. The van der Waals surface area contributed by atoms with Gasteiger partial charge >= 0.3 is 0 Å². The quantitative estimate of drug-likeness (QED) is 0.698. The van der Waals surface area contributed by atoms with Gasteiger partial charge in [0.05, 0.1) is 10.8 Å². The number of amides is 2. The van der Waals surface area contributed by atoms with Crippen LogP contribution in [0.4, 0.5) is 5.69 Å². The lowest BCUT2D eigenvalue weighted by molar-refractivity contribution is -0.127. The number of piperidine rings is 1. The highest BCUT2D eigenvalue weighted by Crippen LogP contribution is 2.35. The van der Waals surface area contributed by atoms with Gasteiger partial charge in [-0.2, -0.15) is 4.31 Å². The molecular formula is C24H35N3O4S. The fraction of sp³-hybridized carbons (Fsp3) is 0.667. The van der Waals surface area contributed by atoms with E-state index in [2.05, 4.69) is 5.32 Å². The molecule has 0 aromatic heterocycles. The lowest BCUT2D eigenvalue weighted by Crippen LogP contribution is -2.47. The number of rotatable bonds is 4. The van der Waals surface area contributed by atoms with Crippen LogP contribution in [0.25, 0.3) is 0 Å². The zero-order valence-corrected chi connectivity index (χ0v) is 20.0. The van der Waals surface area contributed by atoms with Crippen LogP contribution in [0.3, 0.4) is 0 Å². The number of anilines is 1. The molecule has 1 saturated heterocycles. The molecule has 2 aliphatic heterocycles. The van der Waals surface area contributed by atoms with Crippen molar-refractivity contribution in [2.45, 2.75) is 88.6 Å². The van der Waals surface area contributed by atoms with Crippen molar-refractivity contribution in [3.05, 3.63) is 23.8 Å². The first-order valence-electron chi connectivity index (χ1n) is 12.0. The topological polar surface area (TPSA) is 86.8 Å². The van der Waals surface area contributed by atoms with Crippen LogP contribution in [-0.2, 0) is 26.0 Å². The zero-order chi connectivity index (χ0) is 22.9. The van der Waals surface area contributed by atoms with Crippen molar-refractivity contribution in [1.82, 2.24) is 9.62 Å². The van der Waals surface area contributed by atoms with Gasteiger partial charge in [0.25, 0.3) is 0 Å². The molecule has 1 aliphatic carbocycles. The number of hydrogen-bond acceptors (Lipinski definition) is 4. The van der Waals surface area contributed by atoms with Gasteiger partial charge in [-0.15, -0.1) is 0 Å². The van der Waals surface area contributed by atoms with E-state index < -0.39 is 10.0 Å². The minimum absolute atomic E-state index is 0.00308. The molecule has 0 radical (unpaired) electrons. The van der Waals surface area contributed by atoms with Crippen LogP contribution in [-0.4, -0.2) is 49.7 Å². The summed E-state index contributed by atoms with van der Waals surface area (Å²) in [4.78, 5) is 26.9. The number of sulfonamides is 1. The van der Waals surface area contributed by atoms with Crippen LogP contribution in [0.15, 0.2) is 23.1 Å². The number of benzene rings is 1. The maximum absolute atomic E-state index is 13.4. The highest BCUT2D eigenvalue weighted by atomic mass is 32.2. The summed E-state index contributed by atoms with van der Waals surface area (Å²) < 4.78 is 28.3. The Labute approximate surface area is 191 Å². The molecule has 1 aromatic carbocycles. The normalized spacial score (nSPS) is 25.2. The van der Waals surface area contributed by atoms with Gasteiger partial charge in [-0.05, 0) is 62.8 Å². The number of carbonyl (C=O) groups is 2. The van der Waals surface area contributed by atoms with Crippen LogP contribution in [0.1, 0.15) is 70.8 Å². The SMILES string of the molecule is CC(=O)N1c2ccc(S(=O)(=O)N3CCC[C@H](C(=O)NC4CCCCCC4)C3)cc2C[C@H]1C. The third kappa shape index (κ3) is 4.71. The summed E-state index contributed by atoms with van der Waals surface area (Å²) in [5.41, 5.74) is 1.68. The predicted molar refractivity (Wildman–Crippen MR) is 124 cm³/mol. The average molecular weight is 462 g/mol. The molecule has 2 atom stereocenters. The van der Waals surface area contributed by atoms with E-state index in [4.69, 9.17) is 0 Å². The number of carbonyl (C=O) groups excluding carboxylic acids is 2. The summed E-state index contributed by atoms with van der Waals surface area (Å²) in [6.07, 6.45) is 8.84. The second-order valence-corrected chi connectivity index (χ2v) is 11.6. The van der Waals surface area contributed by atoms with Crippen molar-refractivity contribution in [3.8, 4) is 0 Å². The van der Waals surface area contributed by atoms with Crippen molar-refractivity contribution < 1.29 is 18.0 Å². The van der Waals surface area contributed by atoms with Crippen molar-refractivity contribution in [2.24, 2.45) is 5.92 Å². The molecule has 176 valence electrons. The largest absolute Gasteiger partial charge is 0.353 e. The molecule has 2 fully saturated rings. The van der Waals surface area contributed by atoms with Gasteiger partial charge in [0.1, 0.15) is 0 Å². The molecule has 8 heteroatoms. The smallest absolute Gasteiger partial charge is 0.243 e. The van der Waals surface area contributed by atoms with E-state index in [1.165, 1.54) is 24.1 Å². The Balaban J connectivity index is 1.46. The Kier molecular flexibility index (Phi) is 6.91. The van der Waals surface area contributed by atoms with Gasteiger partial charge in [0.2, 0.25) is 21.8 Å². The highest BCUT2D eigenvalue weighted by molar-refractivity contribution is 7.89. The Bertz CT molecular complexity index is 969. The van der Waals surface area contributed by atoms with E-state index in [0.717, 1.165) is 43.4 Å². The fourth-order valence-electron chi connectivity index (χ4n) is 5.51. The Morgan fingerprint density at radius 2 is 1.75 bits per heavy atom. The molecule has 32 heavy (non-hydrogen) atoms. The third-order valence-electron chi connectivity index (χ3n) is 7.20. The number of nitrogens with one attached hydrogen (secondary N) is 1. The van der Waals surface area contributed by atoms with Crippen LogP contribution >= 0.6 is 0 Å². The summed E-state index contributed by atoms with van der Waals surface area (Å²) in [5.74, 6) is -0.341. The van der Waals surface area contributed by atoms with Gasteiger partial charge in [0.15, 0.2) is 0 Å². The maximum Gasteiger partial charge on any atom is 0.243 e. The van der Waals surface area contributed by atoms with Gasteiger partial charge in [-0.3, -0.25) is 9.59 Å². The minimum Gasteiger partial charge on any atom is -0.353 e. The number of nitrogens with zero attached hydrogens (tertiary/aromatic N) is 2. The van der Waals surface area contributed by atoms with Gasteiger partial charge in [-0.1, -0.05) is 25.7 Å². The third-order valence-corrected chi connectivity index (χ3v) is 9.06. The van der Waals surface area contributed by atoms with Crippen LogP contribution in [0, 0.1) is 5.92 Å². The second-order valence-electron chi connectivity index (χ2n) is 9.63. The summed E-state index contributed by atoms with van der Waals surface area (Å²) in [6, 6.07) is 5.29. The Morgan fingerprint density at radius 1 is 1.03 bits per heavy atom. The molecule has 0 unspecified atom stereocenters. The van der Waals surface area contributed by atoms with Crippen molar-refractivity contribution in [3.63, 3.8) is 0 Å². The van der Waals surface area contributed by atoms with E-state index in [9.17, 15) is 18.0 Å². The van der Waals surface area contributed by atoms with Gasteiger partial charge < -0.3 is 10.2 Å². The van der Waals surface area contributed by atoms with Gasteiger partial charge in [-0.25, -0.2) is 8.42 Å². The summed E-state index contributed by atoms with van der Waals surface area (Å²) >= 11 is 0. The number of hydrogen-bond donors (Lipinski definition) is 1. The minimum atomic E-state index is -3.69. The molecule has 0 bridgehead atoms. The summed E-state index contributed by atoms with van der Waals surface area (Å²) in [5, 5.41) is 3.20. The first kappa shape index (κ1) is 23.2. The highest BCUT2D eigenvalue weighted by Gasteiger charge is 2.36. The van der Waals surface area contributed by atoms with Crippen LogP contribution < -0.4 is 10.2 Å². The molecule has 2 amide bonds. The lowest BCUT2D eigenvalue weighted by atomic mass is 9.97. The van der Waals surface area contributed by atoms with E-state index in [-0.39, 0.29) is 41.3 Å². The molecule has 0 spiro atoms. The van der Waals surface area contributed by atoms with Crippen molar-refractivity contribution in [2.75, 3.05) is 18.0 Å². The van der Waals surface area contributed by atoms with Crippen molar-refractivity contribution >= 4 is 27.5 Å². The summed E-state index contributed by atoms with van der Waals surface area (Å²) in [6.45, 7) is 4.17.